The van der Waals surface area contributed by atoms with Crippen molar-refractivity contribution >= 4 is 17.6 Å². The van der Waals surface area contributed by atoms with Gasteiger partial charge in [0, 0.05) is 19.1 Å². The molecule has 0 radical (unpaired) electrons. The minimum atomic E-state index is -0.438. The largest absolute Gasteiger partial charge is 0.465 e. The van der Waals surface area contributed by atoms with E-state index in [0.29, 0.717) is 17.2 Å². The van der Waals surface area contributed by atoms with Crippen LogP contribution >= 0.6 is 0 Å². The zero-order valence-electron chi connectivity index (χ0n) is 13.0. The number of carbonyl (C=O) groups excluding carboxylic acids is 1. The van der Waals surface area contributed by atoms with Crippen molar-refractivity contribution < 1.29 is 9.53 Å². The highest BCUT2D eigenvalue weighted by Gasteiger charge is 2.29. The second-order valence-electron chi connectivity index (χ2n) is 5.60. The summed E-state index contributed by atoms with van der Waals surface area (Å²) in [4.78, 5) is 14.2. The fourth-order valence-corrected chi connectivity index (χ4v) is 2.57. The molecular formula is C14H25N5O2. The monoisotopic (exact) mass is 295 g/mol. The second kappa shape index (κ2) is 6.34. The maximum absolute atomic E-state index is 12.1. The molecule has 118 valence electrons. The van der Waals surface area contributed by atoms with Crippen molar-refractivity contribution in [3.8, 4) is 0 Å². The van der Waals surface area contributed by atoms with Crippen LogP contribution in [0.3, 0.4) is 0 Å². The van der Waals surface area contributed by atoms with Gasteiger partial charge in [-0.15, -0.1) is 0 Å². The molecule has 1 atom stereocenters. The van der Waals surface area contributed by atoms with Gasteiger partial charge in [0.25, 0.3) is 0 Å². The van der Waals surface area contributed by atoms with E-state index in [1.165, 1.54) is 7.11 Å². The molecule has 1 aromatic heterocycles. The molecule has 1 aliphatic rings. The molecule has 0 amide bonds. The van der Waals surface area contributed by atoms with Gasteiger partial charge in [0.05, 0.1) is 13.2 Å². The first-order valence-electron chi connectivity index (χ1n) is 7.46. The number of carbonyl (C=O) groups is 1. The van der Waals surface area contributed by atoms with E-state index < -0.39 is 5.97 Å². The Kier molecular flexibility index (Phi) is 4.72. The number of methoxy groups -OCH3 is 1. The Bertz CT molecular complexity index is 506. The van der Waals surface area contributed by atoms with Crippen LogP contribution in [0.4, 0.5) is 11.6 Å². The summed E-state index contributed by atoms with van der Waals surface area (Å²) in [7, 11) is 1.36. The lowest BCUT2D eigenvalue weighted by Crippen LogP contribution is -2.40. The predicted octanol–water partition coefficient (Wildman–Crippen LogP) is 1.15. The number of hydrogen-bond acceptors (Lipinski definition) is 6. The van der Waals surface area contributed by atoms with Crippen LogP contribution in [0.1, 0.15) is 49.5 Å². The molecule has 0 spiro atoms. The summed E-state index contributed by atoms with van der Waals surface area (Å²) >= 11 is 0. The van der Waals surface area contributed by atoms with Crippen molar-refractivity contribution in [3.63, 3.8) is 0 Å². The number of piperidine rings is 1. The summed E-state index contributed by atoms with van der Waals surface area (Å²) in [6.45, 7) is 5.65. The van der Waals surface area contributed by atoms with Crippen LogP contribution in [0.15, 0.2) is 0 Å². The van der Waals surface area contributed by atoms with Crippen LogP contribution in [0, 0.1) is 0 Å². The molecule has 2 heterocycles. The molecule has 0 aliphatic carbocycles. The highest BCUT2D eigenvalue weighted by atomic mass is 16.5. The Hall–Kier alpha value is -1.76. The van der Waals surface area contributed by atoms with E-state index in [4.69, 9.17) is 16.2 Å². The first-order valence-corrected chi connectivity index (χ1v) is 7.46. The van der Waals surface area contributed by atoms with E-state index >= 15 is 0 Å². The average molecular weight is 295 g/mol. The molecule has 7 nitrogen and oxygen atoms in total. The van der Waals surface area contributed by atoms with Crippen LogP contribution in [0.5, 0.6) is 0 Å². The number of hydrogen-bond donors (Lipinski definition) is 2. The molecule has 1 fully saturated rings. The predicted molar refractivity (Wildman–Crippen MR) is 82.4 cm³/mol. The van der Waals surface area contributed by atoms with Gasteiger partial charge in [-0.3, -0.25) is 0 Å². The van der Waals surface area contributed by atoms with Crippen LogP contribution < -0.4 is 16.4 Å². The molecule has 0 saturated carbocycles. The van der Waals surface area contributed by atoms with Crippen LogP contribution in [-0.2, 0) is 4.74 Å². The molecule has 21 heavy (non-hydrogen) atoms. The highest BCUT2D eigenvalue weighted by Crippen LogP contribution is 2.30. The summed E-state index contributed by atoms with van der Waals surface area (Å²) in [5.74, 6) is 0.555. The first-order chi connectivity index (χ1) is 9.99. The van der Waals surface area contributed by atoms with Crippen LogP contribution in [0.25, 0.3) is 0 Å². The lowest BCUT2D eigenvalue weighted by atomic mass is 10.1. The van der Waals surface area contributed by atoms with Crippen molar-refractivity contribution in [2.24, 2.45) is 5.73 Å². The lowest BCUT2D eigenvalue weighted by molar-refractivity contribution is 0.0602. The SMILES string of the molecule is CCC(C)n1nc(N2CCC(N)CC2)c(C(=O)OC)c1N. The Morgan fingerprint density at radius 1 is 1.48 bits per heavy atom. The Balaban J connectivity index is 2.40. The minimum Gasteiger partial charge on any atom is -0.465 e. The molecule has 0 bridgehead atoms. The van der Waals surface area contributed by atoms with E-state index in [9.17, 15) is 4.79 Å². The van der Waals surface area contributed by atoms with Crippen LogP contribution in [0.2, 0.25) is 0 Å². The number of nitrogens with zero attached hydrogens (tertiary/aromatic N) is 3. The minimum absolute atomic E-state index is 0.134. The van der Waals surface area contributed by atoms with Gasteiger partial charge < -0.3 is 21.1 Å². The van der Waals surface area contributed by atoms with E-state index in [-0.39, 0.29) is 12.1 Å². The second-order valence-corrected chi connectivity index (χ2v) is 5.60. The normalized spacial score (nSPS) is 17.8. The van der Waals surface area contributed by atoms with E-state index in [2.05, 4.69) is 16.9 Å². The Labute approximate surface area is 125 Å². The van der Waals surface area contributed by atoms with Gasteiger partial charge in [-0.1, -0.05) is 6.92 Å². The van der Waals surface area contributed by atoms with Gasteiger partial charge in [-0.2, -0.15) is 5.10 Å². The molecule has 1 aliphatic heterocycles. The fourth-order valence-electron chi connectivity index (χ4n) is 2.57. The third-order valence-corrected chi connectivity index (χ3v) is 4.17. The van der Waals surface area contributed by atoms with Crippen molar-refractivity contribution in [3.05, 3.63) is 5.56 Å². The van der Waals surface area contributed by atoms with Gasteiger partial charge in [0.2, 0.25) is 0 Å². The molecule has 4 N–H and O–H groups in total. The van der Waals surface area contributed by atoms with Gasteiger partial charge in [0.15, 0.2) is 5.82 Å². The maximum Gasteiger partial charge on any atom is 0.345 e. The van der Waals surface area contributed by atoms with E-state index in [1.807, 2.05) is 6.92 Å². The maximum atomic E-state index is 12.1. The molecule has 1 unspecified atom stereocenters. The molecule has 7 heteroatoms. The van der Waals surface area contributed by atoms with Crippen molar-refractivity contribution in [2.45, 2.75) is 45.2 Å². The number of anilines is 2. The first kappa shape index (κ1) is 15.6. The third kappa shape index (κ3) is 2.97. The van der Waals surface area contributed by atoms with Gasteiger partial charge in [-0.25, -0.2) is 9.48 Å². The number of nitrogens with two attached hydrogens (primary N) is 2. The molecule has 1 aromatic rings. The number of esters is 1. The van der Waals surface area contributed by atoms with E-state index in [0.717, 1.165) is 32.4 Å². The Morgan fingerprint density at radius 2 is 2.10 bits per heavy atom. The smallest absolute Gasteiger partial charge is 0.345 e. The summed E-state index contributed by atoms with van der Waals surface area (Å²) in [5, 5.41) is 4.57. The molecule has 1 saturated heterocycles. The standard InChI is InChI=1S/C14H25N5O2/c1-4-9(2)19-12(16)11(14(20)21-3)13(17-19)18-7-5-10(15)6-8-18/h9-10H,4-8,15-16H2,1-3H3. The number of rotatable bonds is 4. The van der Waals surface area contributed by atoms with Crippen molar-refractivity contribution in [1.82, 2.24) is 9.78 Å². The molecular weight excluding hydrogens is 270 g/mol. The number of nitrogen functional groups attached to an aromatic ring is 1. The third-order valence-electron chi connectivity index (χ3n) is 4.17. The fraction of sp³-hybridized carbons (Fsp3) is 0.714. The Morgan fingerprint density at radius 3 is 2.62 bits per heavy atom. The molecule has 2 rings (SSSR count). The van der Waals surface area contributed by atoms with Crippen LogP contribution in [-0.4, -0.2) is 42.0 Å². The van der Waals surface area contributed by atoms with Gasteiger partial charge in [-0.05, 0) is 26.2 Å². The topological polar surface area (TPSA) is 99.4 Å². The average Bonchev–Trinajstić information content (AvgIpc) is 2.84. The van der Waals surface area contributed by atoms with Crippen molar-refractivity contribution in [1.29, 1.82) is 0 Å². The van der Waals surface area contributed by atoms with Crippen molar-refractivity contribution in [2.75, 3.05) is 30.8 Å². The summed E-state index contributed by atoms with van der Waals surface area (Å²) in [6, 6.07) is 0.353. The zero-order chi connectivity index (χ0) is 15.6. The van der Waals surface area contributed by atoms with Gasteiger partial charge >= 0.3 is 5.97 Å². The summed E-state index contributed by atoms with van der Waals surface area (Å²) in [6.07, 6.45) is 2.66. The molecule has 0 aromatic carbocycles. The highest BCUT2D eigenvalue weighted by molar-refractivity contribution is 5.99. The summed E-state index contributed by atoms with van der Waals surface area (Å²) < 4.78 is 6.59. The number of aromatic nitrogens is 2. The van der Waals surface area contributed by atoms with Gasteiger partial charge in [0.1, 0.15) is 11.4 Å². The quantitative estimate of drug-likeness (QED) is 0.808. The number of ether oxygens (including phenoxy) is 1. The lowest BCUT2D eigenvalue weighted by Gasteiger charge is -2.30. The summed E-state index contributed by atoms with van der Waals surface area (Å²) in [5.41, 5.74) is 12.4. The zero-order valence-corrected chi connectivity index (χ0v) is 13.0. The van der Waals surface area contributed by atoms with E-state index in [1.54, 1.807) is 4.68 Å².